The fourth-order valence-electron chi connectivity index (χ4n) is 1.62. The highest BCUT2D eigenvalue weighted by atomic mass is 127. The van der Waals surface area contributed by atoms with Gasteiger partial charge >= 0.3 is 0 Å². The second kappa shape index (κ2) is 7.58. The Hall–Kier alpha value is -1.38. The molecule has 2 aromatic rings. The molecule has 0 saturated heterocycles. The Morgan fingerprint density at radius 2 is 2.19 bits per heavy atom. The van der Waals surface area contributed by atoms with E-state index in [0.717, 1.165) is 3.57 Å². The Labute approximate surface area is 141 Å². The number of amides is 1. The molecule has 2 rings (SSSR count). The number of hydrogen-bond acceptors (Lipinski definition) is 4. The molecule has 0 aliphatic heterocycles. The zero-order valence-electron chi connectivity index (χ0n) is 11.2. The maximum atomic E-state index is 12.0. The highest BCUT2D eigenvalue weighted by molar-refractivity contribution is 14.1. The van der Waals surface area contributed by atoms with E-state index < -0.39 is 0 Å². The zero-order chi connectivity index (χ0) is 15.2. The van der Waals surface area contributed by atoms with Gasteiger partial charge in [-0.25, -0.2) is 5.48 Å². The summed E-state index contributed by atoms with van der Waals surface area (Å²) >= 11 is 8.36. The predicted octanol–water partition coefficient (Wildman–Crippen LogP) is 3.76. The molecular formula is C14H13ClIN3O2. The van der Waals surface area contributed by atoms with Gasteiger partial charge in [0.15, 0.2) is 0 Å². The molecule has 2 N–H and O–H groups in total. The minimum atomic E-state index is -0.344. The first-order valence-electron chi connectivity index (χ1n) is 6.20. The number of hydroxylamine groups is 1. The van der Waals surface area contributed by atoms with Gasteiger partial charge in [0, 0.05) is 9.77 Å². The lowest BCUT2D eigenvalue weighted by Crippen LogP contribution is -2.24. The molecular weight excluding hydrogens is 405 g/mol. The van der Waals surface area contributed by atoms with Gasteiger partial charge in [-0.1, -0.05) is 11.6 Å². The second-order valence-corrected chi connectivity index (χ2v) is 5.69. The molecule has 0 fully saturated rings. The largest absolute Gasteiger partial charge is 0.352 e. The summed E-state index contributed by atoms with van der Waals surface area (Å²) in [6.45, 7) is 2.18. The molecule has 1 heterocycles. The zero-order valence-corrected chi connectivity index (χ0v) is 14.1. The molecule has 1 aromatic heterocycles. The number of hydrogen-bond donors (Lipinski definition) is 2. The molecule has 7 heteroatoms. The molecule has 1 amide bonds. The molecule has 5 nitrogen and oxygen atoms in total. The van der Waals surface area contributed by atoms with Crippen molar-refractivity contribution in [3.05, 3.63) is 50.8 Å². The van der Waals surface area contributed by atoms with Gasteiger partial charge in [-0.3, -0.25) is 14.6 Å². The quantitative estimate of drug-likeness (QED) is 0.574. The first-order chi connectivity index (χ1) is 10.1. The van der Waals surface area contributed by atoms with Gasteiger partial charge in [-0.2, -0.15) is 0 Å². The van der Waals surface area contributed by atoms with E-state index >= 15 is 0 Å². The molecule has 0 radical (unpaired) electrons. The minimum Gasteiger partial charge on any atom is -0.352 e. The van der Waals surface area contributed by atoms with Gasteiger partial charge in [0.05, 0.1) is 34.8 Å². The van der Waals surface area contributed by atoms with E-state index in [1.165, 1.54) is 0 Å². The van der Waals surface area contributed by atoms with Crippen molar-refractivity contribution in [2.75, 3.05) is 11.9 Å². The molecule has 0 bridgehead atoms. The Balaban J connectivity index is 2.26. The highest BCUT2D eigenvalue weighted by Gasteiger charge is 2.12. The summed E-state index contributed by atoms with van der Waals surface area (Å²) in [6.07, 6.45) is 3.11. The lowest BCUT2D eigenvalue weighted by atomic mass is 10.2. The summed E-state index contributed by atoms with van der Waals surface area (Å²) in [7, 11) is 0. The number of anilines is 2. The number of pyridine rings is 1. The molecule has 0 atom stereocenters. The first-order valence-corrected chi connectivity index (χ1v) is 7.65. The molecule has 0 unspecified atom stereocenters. The van der Waals surface area contributed by atoms with Crippen molar-refractivity contribution in [3.8, 4) is 0 Å². The van der Waals surface area contributed by atoms with Gasteiger partial charge in [-0.05, 0) is 53.8 Å². The van der Waals surface area contributed by atoms with Gasteiger partial charge in [0.2, 0.25) is 0 Å². The van der Waals surface area contributed by atoms with Crippen molar-refractivity contribution in [1.29, 1.82) is 0 Å². The van der Waals surface area contributed by atoms with Gasteiger partial charge < -0.3 is 5.32 Å². The molecule has 0 saturated carbocycles. The Kier molecular flexibility index (Phi) is 5.77. The SMILES string of the molecule is CCONC(=O)c1ccncc1Nc1ccc(I)cc1Cl. The lowest BCUT2D eigenvalue weighted by molar-refractivity contribution is 0.0365. The number of carbonyl (C=O) groups is 1. The summed E-state index contributed by atoms with van der Waals surface area (Å²) in [6, 6.07) is 7.21. The number of benzene rings is 1. The molecule has 0 aliphatic rings. The van der Waals surface area contributed by atoms with Crippen LogP contribution in [0.5, 0.6) is 0 Å². The topological polar surface area (TPSA) is 63.2 Å². The van der Waals surface area contributed by atoms with E-state index in [2.05, 4.69) is 38.4 Å². The second-order valence-electron chi connectivity index (χ2n) is 4.03. The van der Waals surface area contributed by atoms with Crippen molar-refractivity contribution in [2.24, 2.45) is 0 Å². The maximum absolute atomic E-state index is 12.0. The first kappa shape index (κ1) is 16.0. The number of carbonyl (C=O) groups excluding carboxylic acids is 1. The minimum absolute atomic E-state index is 0.344. The third-order valence-corrected chi connectivity index (χ3v) is 3.56. The van der Waals surface area contributed by atoms with E-state index in [9.17, 15) is 4.79 Å². The smallest absolute Gasteiger partial charge is 0.277 e. The van der Waals surface area contributed by atoms with Crippen LogP contribution in [0, 0.1) is 3.57 Å². The Morgan fingerprint density at radius 3 is 2.90 bits per heavy atom. The maximum Gasteiger partial charge on any atom is 0.277 e. The molecule has 0 spiro atoms. The van der Waals surface area contributed by atoms with Gasteiger partial charge in [0.1, 0.15) is 0 Å². The van der Waals surface area contributed by atoms with Crippen molar-refractivity contribution in [1.82, 2.24) is 10.5 Å². The van der Waals surface area contributed by atoms with Crippen LogP contribution in [0.3, 0.4) is 0 Å². The van der Waals surface area contributed by atoms with Crippen LogP contribution in [0.2, 0.25) is 5.02 Å². The summed E-state index contributed by atoms with van der Waals surface area (Å²) < 4.78 is 1.03. The van der Waals surface area contributed by atoms with Crippen LogP contribution in [-0.2, 0) is 4.84 Å². The fourth-order valence-corrected chi connectivity index (χ4v) is 2.52. The molecule has 1 aromatic carbocycles. The van der Waals surface area contributed by atoms with E-state index in [0.29, 0.717) is 28.6 Å². The van der Waals surface area contributed by atoms with Crippen molar-refractivity contribution in [3.63, 3.8) is 0 Å². The van der Waals surface area contributed by atoms with Crippen molar-refractivity contribution >= 4 is 51.5 Å². The standard InChI is InChI=1S/C14H13ClIN3O2/c1-2-21-19-14(20)10-5-6-17-8-13(10)18-12-4-3-9(16)7-11(12)15/h3-8,18H,2H2,1H3,(H,19,20). The van der Waals surface area contributed by atoms with E-state index in [1.807, 2.05) is 18.2 Å². The summed E-state index contributed by atoms with van der Waals surface area (Å²) in [5.74, 6) is -0.344. The highest BCUT2D eigenvalue weighted by Crippen LogP contribution is 2.28. The number of nitrogens with zero attached hydrogens (tertiary/aromatic N) is 1. The van der Waals surface area contributed by atoms with Crippen LogP contribution >= 0.6 is 34.2 Å². The predicted molar refractivity (Wildman–Crippen MR) is 90.8 cm³/mol. The monoisotopic (exact) mass is 417 g/mol. The van der Waals surface area contributed by atoms with E-state index in [4.69, 9.17) is 16.4 Å². The van der Waals surface area contributed by atoms with Crippen LogP contribution in [0.25, 0.3) is 0 Å². The number of rotatable bonds is 5. The van der Waals surface area contributed by atoms with Crippen LogP contribution < -0.4 is 10.8 Å². The number of halogens is 2. The van der Waals surface area contributed by atoms with Crippen LogP contribution in [0.4, 0.5) is 11.4 Å². The Morgan fingerprint density at radius 1 is 1.38 bits per heavy atom. The summed E-state index contributed by atoms with van der Waals surface area (Å²) in [4.78, 5) is 21.0. The fraction of sp³-hybridized carbons (Fsp3) is 0.143. The van der Waals surface area contributed by atoms with Crippen LogP contribution in [-0.4, -0.2) is 17.5 Å². The normalized spacial score (nSPS) is 10.2. The molecule has 0 aliphatic carbocycles. The average molecular weight is 418 g/mol. The summed E-state index contributed by atoms with van der Waals surface area (Å²) in [5.41, 5.74) is 4.04. The van der Waals surface area contributed by atoms with Crippen LogP contribution in [0.1, 0.15) is 17.3 Å². The van der Waals surface area contributed by atoms with Gasteiger partial charge in [0.25, 0.3) is 5.91 Å². The van der Waals surface area contributed by atoms with Gasteiger partial charge in [-0.15, -0.1) is 0 Å². The average Bonchev–Trinajstić information content (AvgIpc) is 2.48. The molecule has 21 heavy (non-hydrogen) atoms. The van der Waals surface area contributed by atoms with E-state index in [-0.39, 0.29) is 5.91 Å². The third-order valence-electron chi connectivity index (χ3n) is 2.58. The Bertz CT molecular complexity index is 652. The number of nitrogens with one attached hydrogen (secondary N) is 2. The van der Waals surface area contributed by atoms with E-state index in [1.54, 1.807) is 25.4 Å². The summed E-state index contributed by atoms with van der Waals surface area (Å²) in [5, 5.41) is 3.68. The lowest BCUT2D eigenvalue weighted by Gasteiger charge is -2.12. The third kappa shape index (κ3) is 4.29. The van der Waals surface area contributed by atoms with Crippen LogP contribution in [0.15, 0.2) is 36.7 Å². The number of aromatic nitrogens is 1. The van der Waals surface area contributed by atoms with Crippen molar-refractivity contribution in [2.45, 2.75) is 6.92 Å². The molecule has 110 valence electrons. The van der Waals surface area contributed by atoms with Crippen molar-refractivity contribution < 1.29 is 9.63 Å².